The molecule has 0 spiro atoms. The topological polar surface area (TPSA) is 99.2 Å². The van der Waals surface area contributed by atoms with E-state index in [0.29, 0.717) is 50.0 Å². The van der Waals surface area contributed by atoms with Crippen molar-refractivity contribution in [2.75, 3.05) is 13.1 Å². The molecule has 2 N–H and O–H groups in total. The SMILES string of the molecule is C=C1CCC(N2C(=O)c3ccc(C4(O)CCN(Cc5cccc(Oc6ccccc6)c5)CC4)cc3C2=O)C(=O)N1. The number of rotatable bonds is 6. The first-order valence-electron chi connectivity index (χ1n) is 13.6. The lowest BCUT2D eigenvalue weighted by molar-refractivity contribution is -0.125. The van der Waals surface area contributed by atoms with Gasteiger partial charge in [-0.1, -0.05) is 43.0 Å². The fourth-order valence-corrected chi connectivity index (χ4v) is 5.80. The fraction of sp³-hybridized carbons (Fsp3) is 0.281. The van der Waals surface area contributed by atoms with Crippen molar-refractivity contribution in [2.24, 2.45) is 0 Å². The zero-order valence-electron chi connectivity index (χ0n) is 22.1. The number of benzene rings is 3. The van der Waals surface area contributed by atoms with Gasteiger partial charge in [-0.25, -0.2) is 0 Å². The summed E-state index contributed by atoms with van der Waals surface area (Å²) in [6.07, 6.45) is 1.84. The van der Waals surface area contributed by atoms with Gasteiger partial charge in [0, 0.05) is 25.3 Å². The normalized spacial score (nSPS) is 20.8. The average molecular weight is 538 g/mol. The minimum atomic E-state index is -1.11. The number of nitrogens with zero attached hydrogens (tertiary/aromatic N) is 2. The highest BCUT2D eigenvalue weighted by atomic mass is 16.5. The molecule has 40 heavy (non-hydrogen) atoms. The van der Waals surface area contributed by atoms with Crippen molar-refractivity contribution >= 4 is 17.7 Å². The van der Waals surface area contributed by atoms with E-state index < -0.39 is 29.4 Å². The highest BCUT2D eigenvalue weighted by Gasteiger charge is 2.45. The van der Waals surface area contributed by atoms with E-state index in [-0.39, 0.29) is 11.1 Å². The van der Waals surface area contributed by atoms with Crippen LogP contribution in [-0.2, 0) is 16.9 Å². The van der Waals surface area contributed by atoms with E-state index in [2.05, 4.69) is 22.9 Å². The standard InChI is InChI=1S/C32H31N3O5/c1-21-10-13-28(29(36)33-21)35-30(37)26-12-11-23(19-27(26)31(35)38)32(39)14-16-34(17-15-32)20-22-6-5-9-25(18-22)40-24-7-3-2-4-8-24/h2-9,11-12,18-19,28,39H,1,10,13-17,20H2,(H,33,36). The lowest BCUT2D eigenvalue weighted by Gasteiger charge is -2.38. The van der Waals surface area contributed by atoms with Crippen LogP contribution in [0.1, 0.15) is 57.5 Å². The summed E-state index contributed by atoms with van der Waals surface area (Å²) in [6.45, 7) is 5.83. The molecule has 3 aliphatic heterocycles. The van der Waals surface area contributed by atoms with Crippen molar-refractivity contribution in [2.45, 2.75) is 43.9 Å². The Labute approximate surface area is 232 Å². The molecule has 6 rings (SSSR count). The molecule has 8 nitrogen and oxygen atoms in total. The number of imide groups is 1. The number of fused-ring (bicyclic) bond motifs is 1. The molecule has 3 aromatic rings. The number of allylic oxidation sites excluding steroid dienone is 1. The van der Waals surface area contributed by atoms with E-state index in [4.69, 9.17) is 4.74 Å². The smallest absolute Gasteiger partial charge is 0.262 e. The number of likely N-dealkylation sites (tertiary alicyclic amines) is 1. The van der Waals surface area contributed by atoms with Crippen LogP contribution in [0, 0.1) is 0 Å². The molecule has 8 heteroatoms. The Hall–Kier alpha value is -4.27. The maximum absolute atomic E-state index is 13.3. The van der Waals surface area contributed by atoms with Crippen LogP contribution in [-0.4, -0.2) is 51.8 Å². The van der Waals surface area contributed by atoms with Crippen LogP contribution in [0.15, 0.2) is 85.1 Å². The van der Waals surface area contributed by atoms with Gasteiger partial charge in [0.1, 0.15) is 17.5 Å². The van der Waals surface area contributed by atoms with Gasteiger partial charge in [0.05, 0.1) is 16.7 Å². The molecular weight excluding hydrogens is 506 g/mol. The molecular formula is C32H31N3O5. The Balaban J connectivity index is 1.12. The molecule has 1 atom stereocenters. The number of carbonyl (C=O) groups excluding carboxylic acids is 3. The summed E-state index contributed by atoms with van der Waals surface area (Å²) < 4.78 is 5.97. The summed E-state index contributed by atoms with van der Waals surface area (Å²) in [7, 11) is 0. The van der Waals surface area contributed by atoms with Crippen LogP contribution < -0.4 is 10.1 Å². The molecule has 0 saturated carbocycles. The van der Waals surface area contributed by atoms with Crippen LogP contribution >= 0.6 is 0 Å². The van der Waals surface area contributed by atoms with Crippen LogP contribution in [0.2, 0.25) is 0 Å². The molecule has 0 aromatic heterocycles. The fourth-order valence-electron chi connectivity index (χ4n) is 5.80. The number of ether oxygens (including phenoxy) is 1. The summed E-state index contributed by atoms with van der Waals surface area (Å²) >= 11 is 0. The first-order chi connectivity index (χ1) is 19.3. The second-order valence-electron chi connectivity index (χ2n) is 10.8. The van der Waals surface area contributed by atoms with Crippen LogP contribution in [0.3, 0.4) is 0 Å². The second kappa shape index (κ2) is 10.4. The van der Waals surface area contributed by atoms with E-state index in [1.807, 2.05) is 48.5 Å². The molecule has 0 aliphatic carbocycles. The summed E-state index contributed by atoms with van der Waals surface area (Å²) in [4.78, 5) is 42.2. The minimum Gasteiger partial charge on any atom is -0.457 e. The third kappa shape index (κ3) is 4.92. The molecule has 1 unspecified atom stereocenters. The average Bonchev–Trinajstić information content (AvgIpc) is 3.20. The lowest BCUT2D eigenvalue weighted by Crippen LogP contribution is -2.51. The van der Waals surface area contributed by atoms with Crippen molar-refractivity contribution in [3.63, 3.8) is 0 Å². The van der Waals surface area contributed by atoms with Gasteiger partial charge in [-0.15, -0.1) is 0 Å². The number of aliphatic hydroxyl groups is 1. The van der Waals surface area contributed by atoms with E-state index in [9.17, 15) is 19.5 Å². The number of amides is 3. The number of nitrogens with one attached hydrogen (secondary N) is 1. The van der Waals surface area contributed by atoms with Gasteiger partial charge in [-0.05, 0) is 73.2 Å². The Morgan fingerprint density at radius 2 is 1.62 bits per heavy atom. The first-order valence-corrected chi connectivity index (χ1v) is 13.6. The number of piperidine rings is 2. The molecule has 2 saturated heterocycles. The molecule has 3 amide bonds. The van der Waals surface area contributed by atoms with Gasteiger partial charge in [0.15, 0.2) is 0 Å². The van der Waals surface area contributed by atoms with Gasteiger partial charge in [-0.2, -0.15) is 0 Å². The monoisotopic (exact) mass is 537 g/mol. The highest BCUT2D eigenvalue weighted by Crippen LogP contribution is 2.37. The summed E-state index contributed by atoms with van der Waals surface area (Å²) in [5.74, 6) is 0.203. The first kappa shape index (κ1) is 26.0. The quantitative estimate of drug-likeness (QED) is 0.454. The van der Waals surface area contributed by atoms with Crippen LogP contribution in [0.5, 0.6) is 11.5 Å². The maximum Gasteiger partial charge on any atom is 0.262 e. The van der Waals surface area contributed by atoms with Crippen LogP contribution in [0.25, 0.3) is 0 Å². The summed E-state index contributed by atoms with van der Waals surface area (Å²) in [6, 6.07) is 21.8. The van der Waals surface area contributed by atoms with E-state index in [0.717, 1.165) is 28.5 Å². The Kier molecular flexibility index (Phi) is 6.73. The number of hydrogen-bond donors (Lipinski definition) is 2. The van der Waals surface area contributed by atoms with Crippen molar-refractivity contribution < 1.29 is 24.2 Å². The summed E-state index contributed by atoms with van der Waals surface area (Å²) in [5, 5.41) is 14.2. The van der Waals surface area contributed by atoms with Gasteiger partial charge in [0.2, 0.25) is 5.91 Å². The van der Waals surface area contributed by atoms with Crippen molar-refractivity contribution in [3.8, 4) is 11.5 Å². The van der Waals surface area contributed by atoms with Crippen LogP contribution in [0.4, 0.5) is 0 Å². The third-order valence-electron chi connectivity index (χ3n) is 8.06. The lowest BCUT2D eigenvalue weighted by atomic mass is 9.83. The molecule has 204 valence electrons. The zero-order chi connectivity index (χ0) is 27.9. The molecule has 2 fully saturated rings. The maximum atomic E-state index is 13.3. The predicted octanol–water partition coefficient (Wildman–Crippen LogP) is 4.35. The zero-order valence-corrected chi connectivity index (χ0v) is 22.1. The number of carbonyl (C=O) groups is 3. The molecule has 0 bridgehead atoms. The highest BCUT2D eigenvalue weighted by molar-refractivity contribution is 6.23. The van der Waals surface area contributed by atoms with E-state index >= 15 is 0 Å². The molecule has 3 aliphatic rings. The largest absolute Gasteiger partial charge is 0.457 e. The van der Waals surface area contributed by atoms with E-state index in [1.54, 1.807) is 18.2 Å². The van der Waals surface area contributed by atoms with Gasteiger partial charge >= 0.3 is 0 Å². The number of hydrogen-bond acceptors (Lipinski definition) is 6. The van der Waals surface area contributed by atoms with Crippen molar-refractivity contribution in [1.29, 1.82) is 0 Å². The minimum absolute atomic E-state index is 0.241. The third-order valence-corrected chi connectivity index (χ3v) is 8.06. The predicted molar refractivity (Wildman–Crippen MR) is 149 cm³/mol. The molecule has 3 heterocycles. The summed E-state index contributed by atoms with van der Waals surface area (Å²) in [5.41, 5.74) is 1.72. The second-order valence-corrected chi connectivity index (χ2v) is 10.8. The van der Waals surface area contributed by atoms with Crippen molar-refractivity contribution in [3.05, 3.63) is 107 Å². The Morgan fingerprint density at radius 1 is 0.900 bits per heavy atom. The van der Waals surface area contributed by atoms with E-state index in [1.165, 1.54) is 0 Å². The molecule has 0 radical (unpaired) electrons. The van der Waals surface area contributed by atoms with Crippen molar-refractivity contribution in [1.82, 2.24) is 15.1 Å². The Bertz CT molecular complexity index is 1490. The molecule has 3 aromatic carbocycles. The number of para-hydroxylation sites is 1. The van der Waals surface area contributed by atoms with Gasteiger partial charge < -0.3 is 15.2 Å². The van der Waals surface area contributed by atoms with Gasteiger partial charge in [0.25, 0.3) is 11.8 Å². The van der Waals surface area contributed by atoms with Gasteiger partial charge in [-0.3, -0.25) is 24.2 Å². The Morgan fingerprint density at radius 3 is 2.38 bits per heavy atom.